The van der Waals surface area contributed by atoms with Crippen LogP contribution in [0.2, 0.25) is 0 Å². The molecule has 1 atom stereocenters. The normalized spacial score (nSPS) is 12.8. The van der Waals surface area contributed by atoms with Crippen LogP contribution in [-0.4, -0.2) is 47.3 Å². The third-order valence-corrected chi connectivity index (χ3v) is 4.81. The van der Waals surface area contributed by atoms with Gasteiger partial charge in [-0.3, -0.25) is 0 Å². The quantitative estimate of drug-likeness (QED) is 0.572. The minimum Gasteiger partial charge on any atom is -0.493 e. The van der Waals surface area contributed by atoms with Crippen molar-refractivity contribution in [2.24, 2.45) is 0 Å². The third kappa shape index (κ3) is 4.32. The Hall–Kier alpha value is -3.29. The standard InChI is InChI=1S/C22H26O8/c1-6-27-21(23)11-28-16-10-18-17(29-12-30-18)9-15(16)13(2)14-7-19(24-3)22(26-5)20(8-14)25-4/h7-10,13H,6,11-12H2,1-5H3/t13-/m0/s1. The first-order valence-electron chi connectivity index (χ1n) is 9.54. The minimum atomic E-state index is -0.443. The second-order valence-corrected chi connectivity index (χ2v) is 6.52. The number of benzene rings is 2. The molecule has 0 fully saturated rings. The smallest absolute Gasteiger partial charge is 0.344 e. The second-order valence-electron chi connectivity index (χ2n) is 6.52. The molecule has 30 heavy (non-hydrogen) atoms. The molecule has 8 heteroatoms. The Morgan fingerprint density at radius 1 is 0.967 bits per heavy atom. The summed E-state index contributed by atoms with van der Waals surface area (Å²) in [5.41, 5.74) is 1.72. The lowest BCUT2D eigenvalue weighted by Crippen LogP contribution is -2.15. The van der Waals surface area contributed by atoms with Gasteiger partial charge in [-0.2, -0.15) is 0 Å². The van der Waals surface area contributed by atoms with E-state index in [9.17, 15) is 4.79 Å². The van der Waals surface area contributed by atoms with Gasteiger partial charge in [-0.15, -0.1) is 0 Å². The average Bonchev–Trinajstić information content (AvgIpc) is 3.23. The van der Waals surface area contributed by atoms with Crippen molar-refractivity contribution < 1.29 is 38.0 Å². The van der Waals surface area contributed by atoms with E-state index in [0.29, 0.717) is 34.5 Å². The highest BCUT2D eigenvalue weighted by Crippen LogP contribution is 2.45. The van der Waals surface area contributed by atoms with E-state index in [-0.39, 0.29) is 25.9 Å². The van der Waals surface area contributed by atoms with Crippen molar-refractivity contribution >= 4 is 5.97 Å². The van der Waals surface area contributed by atoms with E-state index >= 15 is 0 Å². The number of methoxy groups -OCH3 is 3. The fourth-order valence-corrected chi connectivity index (χ4v) is 3.27. The molecule has 0 amide bonds. The summed E-state index contributed by atoms with van der Waals surface area (Å²) in [4.78, 5) is 11.8. The van der Waals surface area contributed by atoms with Gasteiger partial charge in [-0.1, -0.05) is 6.92 Å². The Morgan fingerprint density at radius 2 is 1.60 bits per heavy atom. The van der Waals surface area contributed by atoms with Crippen LogP contribution in [0.4, 0.5) is 0 Å². The van der Waals surface area contributed by atoms with E-state index in [2.05, 4.69) is 0 Å². The van der Waals surface area contributed by atoms with E-state index in [0.717, 1.165) is 11.1 Å². The molecule has 0 aromatic heterocycles. The number of esters is 1. The maximum absolute atomic E-state index is 11.8. The van der Waals surface area contributed by atoms with Crippen LogP contribution in [0.5, 0.6) is 34.5 Å². The topological polar surface area (TPSA) is 81.7 Å². The first kappa shape index (κ1) is 21.4. The molecule has 0 unspecified atom stereocenters. The van der Waals surface area contributed by atoms with Crippen LogP contribution in [0.1, 0.15) is 30.9 Å². The molecule has 0 spiro atoms. The highest BCUT2D eigenvalue weighted by Gasteiger charge is 2.24. The Balaban J connectivity index is 2.00. The van der Waals surface area contributed by atoms with Crippen molar-refractivity contribution in [1.29, 1.82) is 0 Å². The molecule has 1 heterocycles. The number of rotatable bonds is 9. The molecule has 3 rings (SSSR count). The minimum absolute atomic E-state index is 0.134. The van der Waals surface area contributed by atoms with Crippen molar-refractivity contribution in [3.05, 3.63) is 35.4 Å². The second kappa shape index (κ2) is 9.47. The summed E-state index contributed by atoms with van der Waals surface area (Å²) in [6.07, 6.45) is 0. The van der Waals surface area contributed by atoms with Gasteiger partial charge < -0.3 is 33.2 Å². The summed E-state index contributed by atoms with van der Waals surface area (Å²) in [5.74, 6) is 2.71. The Morgan fingerprint density at radius 3 is 2.17 bits per heavy atom. The van der Waals surface area contributed by atoms with Gasteiger partial charge in [0.15, 0.2) is 29.6 Å². The molecule has 0 saturated carbocycles. The van der Waals surface area contributed by atoms with Crippen molar-refractivity contribution in [3.63, 3.8) is 0 Å². The molecule has 0 N–H and O–H groups in total. The highest BCUT2D eigenvalue weighted by molar-refractivity contribution is 5.71. The van der Waals surface area contributed by atoms with Crippen molar-refractivity contribution in [2.75, 3.05) is 41.3 Å². The molecule has 0 radical (unpaired) electrons. The van der Waals surface area contributed by atoms with Gasteiger partial charge >= 0.3 is 5.97 Å². The van der Waals surface area contributed by atoms with Gasteiger partial charge in [0.1, 0.15) is 5.75 Å². The Bertz CT molecular complexity index is 883. The summed E-state index contributed by atoms with van der Waals surface area (Å²) >= 11 is 0. The molecular weight excluding hydrogens is 392 g/mol. The van der Waals surface area contributed by atoms with E-state index < -0.39 is 5.97 Å². The molecule has 0 bridgehead atoms. The molecule has 8 nitrogen and oxygen atoms in total. The number of carbonyl (C=O) groups excluding carboxylic acids is 1. The predicted octanol–water partition coefficient (Wildman–Crippen LogP) is 3.53. The SMILES string of the molecule is CCOC(=O)COc1cc2c(cc1[C@@H](C)c1cc(OC)c(OC)c(OC)c1)OCO2. The maximum Gasteiger partial charge on any atom is 0.344 e. The van der Waals surface area contributed by atoms with Gasteiger partial charge in [-0.25, -0.2) is 4.79 Å². The van der Waals surface area contributed by atoms with Crippen LogP contribution >= 0.6 is 0 Å². The monoisotopic (exact) mass is 418 g/mol. The molecule has 0 saturated heterocycles. The number of ether oxygens (including phenoxy) is 7. The summed E-state index contributed by atoms with van der Waals surface area (Å²) in [7, 11) is 4.70. The van der Waals surface area contributed by atoms with Crippen molar-refractivity contribution in [3.8, 4) is 34.5 Å². The van der Waals surface area contributed by atoms with Crippen LogP contribution in [0.25, 0.3) is 0 Å². The largest absolute Gasteiger partial charge is 0.493 e. The van der Waals surface area contributed by atoms with E-state index in [1.54, 1.807) is 34.3 Å². The average molecular weight is 418 g/mol. The van der Waals surface area contributed by atoms with E-state index in [4.69, 9.17) is 33.2 Å². The van der Waals surface area contributed by atoms with Gasteiger partial charge in [-0.05, 0) is 30.7 Å². The third-order valence-electron chi connectivity index (χ3n) is 4.81. The van der Waals surface area contributed by atoms with Crippen molar-refractivity contribution in [1.82, 2.24) is 0 Å². The molecule has 1 aliphatic rings. The first-order valence-corrected chi connectivity index (χ1v) is 9.54. The van der Waals surface area contributed by atoms with Crippen LogP contribution in [0, 0.1) is 0 Å². The summed E-state index contributed by atoms with van der Waals surface area (Å²) in [6, 6.07) is 7.35. The van der Waals surface area contributed by atoms with Crippen LogP contribution in [0.15, 0.2) is 24.3 Å². The van der Waals surface area contributed by atoms with Crippen LogP contribution < -0.4 is 28.4 Å². The lowest BCUT2D eigenvalue weighted by atomic mass is 9.91. The zero-order valence-corrected chi connectivity index (χ0v) is 17.8. The number of hydrogen-bond donors (Lipinski definition) is 0. The lowest BCUT2D eigenvalue weighted by molar-refractivity contribution is -0.145. The fourth-order valence-electron chi connectivity index (χ4n) is 3.27. The zero-order valence-electron chi connectivity index (χ0n) is 17.8. The molecule has 1 aliphatic heterocycles. The lowest BCUT2D eigenvalue weighted by Gasteiger charge is -2.20. The van der Waals surface area contributed by atoms with Gasteiger partial charge in [0, 0.05) is 17.5 Å². The number of carbonyl (C=O) groups is 1. The van der Waals surface area contributed by atoms with E-state index in [1.807, 2.05) is 25.1 Å². The summed E-state index contributed by atoms with van der Waals surface area (Å²) in [6.45, 7) is 3.97. The molecular formula is C22H26O8. The summed E-state index contributed by atoms with van der Waals surface area (Å²) < 4.78 is 38.1. The number of hydrogen-bond acceptors (Lipinski definition) is 8. The predicted molar refractivity (Wildman–Crippen MR) is 108 cm³/mol. The fraction of sp³-hybridized carbons (Fsp3) is 0.409. The van der Waals surface area contributed by atoms with Gasteiger partial charge in [0.2, 0.25) is 12.5 Å². The Labute approximate surface area is 175 Å². The van der Waals surface area contributed by atoms with Crippen LogP contribution in [0.3, 0.4) is 0 Å². The van der Waals surface area contributed by atoms with Gasteiger partial charge in [0.25, 0.3) is 0 Å². The Kier molecular flexibility index (Phi) is 6.76. The zero-order chi connectivity index (χ0) is 21.7. The van der Waals surface area contributed by atoms with Crippen LogP contribution in [-0.2, 0) is 9.53 Å². The molecule has 0 aliphatic carbocycles. The maximum atomic E-state index is 11.8. The van der Waals surface area contributed by atoms with E-state index in [1.165, 1.54) is 0 Å². The molecule has 2 aromatic carbocycles. The number of fused-ring (bicyclic) bond motifs is 1. The molecule has 162 valence electrons. The highest BCUT2D eigenvalue weighted by atomic mass is 16.7. The first-order chi connectivity index (χ1) is 14.5. The molecule has 2 aromatic rings. The summed E-state index contributed by atoms with van der Waals surface area (Å²) in [5, 5.41) is 0. The van der Waals surface area contributed by atoms with Gasteiger partial charge in [0.05, 0.1) is 27.9 Å². The van der Waals surface area contributed by atoms with Crippen molar-refractivity contribution in [2.45, 2.75) is 19.8 Å².